The molecular formula is C17H16Cl2N2O4S. The first-order valence-corrected chi connectivity index (χ1v) is 10.1. The van der Waals surface area contributed by atoms with Crippen LogP contribution in [0.3, 0.4) is 0 Å². The maximum atomic E-state index is 12.6. The first-order chi connectivity index (χ1) is 12.3. The fourth-order valence-electron chi connectivity index (χ4n) is 2.72. The Labute approximate surface area is 161 Å². The number of rotatable bonds is 4. The molecular weight excluding hydrogens is 399 g/mol. The number of amides is 1. The van der Waals surface area contributed by atoms with Crippen molar-refractivity contribution in [2.75, 3.05) is 18.4 Å². The van der Waals surface area contributed by atoms with Gasteiger partial charge in [0.25, 0.3) is 5.91 Å². The van der Waals surface area contributed by atoms with E-state index in [4.69, 9.17) is 23.2 Å². The molecule has 1 aliphatic rings. The predicted molar refractivity (Wildman–Crippen MR) is 101 cm³/mol. The van der Waals surface area contributed by atoms with Crippen molar-refractivity contribution in [2.24, 2.45) is 0 Å². The summed E-state index contributed by atoms with van der Waals surface area (Å²) in [5, 5.41) is 13.2. The fourth-order valence-corrected chi connectivity index (χ4v) is 4.72. The van der Waals surface area contributed by atoms with Gasteiger partial charge in [0.1, 0.15) is 5.75 Å². The molecule has 0 saturated carbocycles. The summed E-state index contributed by atoms with van der Waals surface area (Å²) in [7, 11) is -3.70. The minimum Gasteiger partial charge on any atom is -0.507 e. The molecule has 138 valence electrons. The summed E-state index contributed by atoms with van der Waals surface area (Å²) < 4.78 is 26.7. The second kappa shape index (κ2) is 7.44. The Kier molecular flexibility index (Phi) is 5.43. The van der Waals surface area contributed by atoms with Gasteiger partial charge in [-0.25, -0.2) is 8.42 Å². The van der Waals surface area contributed by atoms with Gasteiger partial charge in [-0.3, -0.25) is 4.79 Å². The number of hydrogen-bond acceptors (Lipinski definition) is 4. The zero-order chi connectivity index (χ0) is 18.9. The summed E-state index contributed by atoms with van der Waals surface area (Å²) in [6.45, 7) is 0.899. The topological polar surface area (TPSA) is 86.7 Å². The number of benzene rings is 2. The van der Waals surface area contributed by atoms with Crippen LogP contribution >= 0.6 is 23.2 Å². The van der Waals surface area contributed by atoms with Gasteiger partial charge in [-0.15, -0.1) is 0 Å². The molecule has 6 nitrogen and oxygen atoms in total. The summed E-state index contributed by atoms with van der Waals surface area (Å²) >= 11 is 11.8. The second-order valence-corrected chi connectivity index (χ2v) is 8.65. The molecule has 0 aliphatic carbocycles. The molecule has 0 aromatic heterocycles. The third-order valence-corrected chi connectivity index (χ3v) is 6.54. The molecule has 1 fully saturated rings. The number of anilines is 1. The van der Waals surface area contributed by atoms with Gasteiger partial charge in [0.05, 0.1) is 21.2 Å². The highest BCUT2D eigenvalue weighted by Gasteiger charge is 2.28. The smallest absolute Gasteiger partial charge is 0.259 e. The van der Waals surface area contributed by atoms with Gasteiger partial charge in [0.2, 0.25) is 10.0 Å². The highest BCUT2D eigenvalue weighted by molar-refractivity contribution is 7.89. The standard InChI is InChI=1S/C17H16Cl2N2O4S/c18-11-3-5-15(14(19)9-11)20-17(23)13-10-12(4-6-16(13)22)26(24,25)21-7-1-2-8-21/h3-6,9-10,22H,1-2,7-8H2,(H,20,23). The summed E-state index contributed by atoms with van der Waals surface area (Å²) in [5.41, 5.74) is 0.143. The monoisotopic (exact) mass is 414 g/mol. The number of aromatic hydroxyl groups is 1. The number of phenols is 1. The number of nitrogens with one attached hydrogen (secondary N) is 1. The van der Waals surface area contributed by atoms with Gasteiger partial charge in [0, 0.05) is 18.1 Å². The summed E-state index contributed by atoms with van der Waals surface area (Å²) in [5.74, 6) is -1.00. The van der Waals surface area contributed by atoms with Crippen LogP contribution in [-0.4, -0.2) is 36.8 Å². The van der Waals surface area contributed by atoms with Crippen LogP contribution in [-0.2, 0) is 10.0 Å². The van der Waals surface area contributed by atoms with Crippen molar-refractivity contribution in [1.82, 2.24) is 4.31 Å². The fraction of sp³-hybridized carbons (Fsp3) is 0.235. The lowest BCUT2D eigenvalue weighted by Crippen LogP contribution is -2.28. The Balaban J connectivity index is 1.91. The SMILES string of the molecule is O=C(Nc1ccc(Cl)cc1Cl)c1cc(S(=O)(=O)N2CCCC2)ccc1O. The van der Waals surface area contributed by atoms with E-state index in [1.165, 1.54) is 34.6 Å². The Bertz CT molecular complexity index is 957. The largest absolute Gasteiger partial charge is 0.507 e. The van der Waals surface area contributed by atoms with E-state index in [9.17, 15) is 18.3 Å². The number of sulfonamides is 1. The van der Waals surface area contributed by atoms with Gasteiger partial charge >= 0.3 is 0 Å². The van der Waals surface area contributed by atoms with E-state index in [-0.39, 0.29) is 21.2 Å². The van der Waals surface area contributed by atoms with Crippen molar-refractivity contribution < 1.29 is 18.3 Å². The van der Waals surface area contributed by atoms with Crippen LogP contribution < -0.4 is 5.32 Å². The van der Waals surface area contributed by atoms with Crippen LogP contribution in [0.4, 0.5) is 5.69 Å². The molecule has 3 rings (SSSR count). The predicted octanol–water partition coefficient (Wildman–Crippen LogP) is 3.74. The number of carbonyl (C=O) groups excluding carboxylic acids is 1. The molecule has 1 saturated heterocycles. The van der Waals surface area contributed by atoms with Crippen LogP contribution in [0.25, 0.3) is 0 Å². The Morgan fingerprint density at radius 1 is 1.08 bits per heavy atom. The summed E-state index contributed by atoms with van der Waals surface area (Å²) in [4.78, 5) is 12.5. The average molecular weight is 415 g/mol. The molecule has 1 aliphatic heterocycles. The third kappa shape index (κ3) is 3.81. The lowest BCUT2D eigenvalue weighted by Gasteiger charge is -2.16. The van der Waals surface area contributed by atoms with Crippen molar-refractivity contribution in [3.8, 4) is 5.75 Å². The molecule has 0 unspecified atom stereocenters. The number of nitrogens with zero attached hydrogens (tertiary/aromatic N) is 1. The van der Waals surface area contributed by atoms with E-state index in [2.05, 4.69) is 5.32 Å². The molecule has 9 heteroatoms. The maximum absolute atomic E-state index is 12.6. The molecule has 26 heavy (non-hydrogen) atoms. The van der Waals surface area contributed by atoms with Gasteiger partial charge < -0.3 is 10.4 Å². The van der Waals surface area contributed by atoms with Crippen molar-refractivity contribution in [1.29, 1.82) is 0 Å². The number of halogens is 2. The van der Waals surface area contributed by atoms with E-state index in [1.54, 1.807) is 6.07 Å². The number of hydrogen-bond donors (Lipinski definition) is 2. The van der Waals surface area contributed by atoms with E-state index in [1.807, 2.05) is 0 Å². The van der Waals surface area contributed by atoms with E-state index < -0.39 is 15.9 Å². The normalized spacial score (nSPS) is 15.2. The molecule has 0 atom stereocenters. The Morgan fingerprint density at radius 2 is 1.77 bits per heavy atom. The highest BCUT2D eigenvalue weighted by atomic mass is 35.5. The van der Waals surface area contributed by atoms with Gasteiger partial charge in [0.15, 0.2) is 0 Å². The van der Waals surface area contributed by atoms with Crippen LogP contribution in [0.1, 0.15) is 23.2 Å². The van der Waals surface area contributed by atoms with Gasteiger partial charge in [-0.05, 0) is 49.2 Å². The Hall–Kier alpha value is -1.80. The first-order valence-electron chi connectivity index (χ1n) is 7.88. The molecule has 0 bridgehead atoms. The Morgan fingerprint density at radius 3 is 2.42 bits per heavy atom. The van der Waals surface area contributed by atoms with Crippen LogP contribution in [0.2, 0.25) is 10.0 Å². The quantitative estimate of drug-likeness (QED) is 0.797. The molecule has 2 aromatic rings. The molecule has 2 aromatic carbocycles. The minimum absolute atomic E-state index is 0.0375. The zero-order valence-electron chi connectivity index (χ0n) is 13.6. The first kappa shape index (κ1) is 19.0. The lowest BCUT2D eigenvalue weighted by atomic mass is 10.2. The number of phenolic OH excluding ortho intramolecular Hbond substituents is 1. The van der Waals surface area contributed by atoms with E-state index in [0.717, 1.165) is 12.8 Å². The van der Waals surface area contributed by atoms with E-state index >= 15 is 0 Å². The average Bonchev–Trinajstić information content (AvgIpc) is 3.13. The number of carbonyl (C=O) groups is 1. The molecule has 1 heterocycles. The van der Waals surface area contributed by atoms with Crippen molar-refractivity contribution in [3.05, 3.63) is 52.0 Å². The van der Waals surface area contributed by atoms with Crippen molar-refractivity contribution >= 4 is 44.8 Å². The summed E-state index contributed by atoms with van der Waals surface area (Å²) in [6, 6.07) is 8.19. The van der Waals surface area contributed by atoms with E-state index in [0.29, 0.717) is 23.8 Å². The molecule has 0 spiro atoms. The van der Waals surface area contributed by atoms with Gasteiger partial charge in [-0.1, -0.05) is 23.2 Å². The molecule has 1 amide bonds. The summed E-state index contributed by atoms with van der Waals surface area (Å²) in [6.07, 6.45) is 1.61. The highest BCUT2D eigenvalue weighted by Crippen LogP contribution is 2.29. The minimum atomic E-state index is -3.70. The molecule has 2 N–H and O–H groups in total. The lowest BCUT2D eigenvalue weighted by molar-refractivity contribution is 0.102. The third-order valence-electron chi connectivity index (χ3n) is 4.09. The molecule has 0 radical (unpaired) electrons. The van der Waals surface area contributed by atoms with Crippen LogP contribution in [0, 0.1) is 0 Å². The zero-order valence-corrected chi connectivity index (χ0v) is 15.9. The van der Waals surface area contributed by atoms with Crippen molar-refractivity contribution in [2.45, 2.75) is 17.7 Å². The second-order valence-electron chi connectivity index (χ2n) is 5.87. The van der Waals surface area contributed by atoms with Crippen molar-refractivity contribution in [3.63, 3.8) is 0 Å². The van der Waals surface area contributed by atoms with Crippen LogP contribution in [0.5, 0.6) is 5.75 Å². The van der Waals surface area contributed by atoms with Crippen LogP contribution in [0.15, 0.2) is 41.3 Å². The maximum Gasteiger partial charge on any atom is 0.259 e. The van der Waals surface area contributed by atoms with Gasteiger partial charge in [-0.2, -0.15) is 4.31 Å².